The lowest BCUT2D eigenvalue weighted by atomic mass is 10.1. The molecule has 0 fully saturated rings. The van der Waals surface area contributed by atoms with Crippen molar-refractivity contribution < 1.29 is 4.79 Å². The molecule has 0 aromatic heterocycles. The molecule has 1 atom stereocenters. The third-order valence-corrected chi connectivity index (χ3v) is 2.42. The fraction of sp³-hybridized carbons (Fsp3) is 0.182. The van der Waals surface area contributed by atoms with E-state index in [1.807, 2.05) is 18.2 Å². The summed E-state index contributed by atoms with van der Waals surface area (Å²) in [5, 5.41) is 0. The van der Waals surface area contributed by atoms with E-state index in [2.05, 4.69) is 6.58 Å². The monoisotopic (exact) mass is 173 g/mol. The highest BCUT2D eigenvalue weighted by atomic mass is 16.1. The van der Waals surface area contributed by atoms with Crippen LogP contribution in [0.25, 0.3) is 6.08 Å². The first-order chi connectivity index (χ1) is 6.22. The smallest absolute Gasteiger partial charge is 0.165 e. The highest BCUT2D eigenvalue weighted by Gasteiger charge is 2.25. The zero-order valence-electron chi connectivity index (χ0n) is 7.29. The molecule has 1 aliphatic rings. The third kappa shape index (κ3) is 1.19. The first kappa shape index (κ1) is 8.20. The number of carbonyl (C=O) groups excluding carboxylic acids is 1. The summed E-state index contributed by atoms with van der Waals surface area (Å²) in [5.41, 5.74) is 8.49. The number of nitrogens with two attached hydrogens (primary N) is 1. The van der Waals surface area contributed by atoms with Gasteiger partial charge >= 0.3 is 0 Å². The van der Waals surface area contributed by atoms with Gasteiger partial charge in [-0.05, 0) is 17.2 Å². The van der Waals surface area contributed by atoms with Gasteiger partial charge < -0.3 is 5.73 Å². The fourth-order valence-corrected chi connectivity index (χ4v) is 1.69. The van der Waals surface area contributed by atoms with E-state index in [0.717, 1.165) is 16.7 Å². The SMILES string of the molecule is C=Cc1ccc2c(c1)C(=O)C[C@H]2N. The maximum absolute atomic E-state index is 11.4. The Bertz CT molecular complexity index is 382. The van der Waals surface area contributed by atoms with Gasteiger partial charge in [0.2, 0.25) is 0 Å². The third-order valence-electron chi connectivity index (χ3n) is 2.42. The average Bonchev–Trinajstić information content (AvgIpc) is 2.42. The maximum atomic E-state index is 11.4. The molecule has 66 valence electrons. The predicted molar refractivity (Wildman–Crippen MR) is 52.4 cm³/mol. The van der Waals surface area contributed by atoms with Crippen molar-refractivity contribution in [1.29, 1.82) is 0 Å². The summed E-state index contributed by atoms with van der Waals surface area (Å²) >= 11 is 0. The summed E-state index contributed by atoms with van der Waals surface area (Å²) in [4.78, 5) is 11.4. The summed E-state index contributed by atoms with van der Waals surface area (Å²) in [6.45, 7) is 3.66. The lowest BCUT2D eigenvalue weighted by Gasteiger charge is -2.02. The van der Waals surface area contributed by atoms with E-state index >= 15 is 0 Å². The topological polar surface area (TPSA) is 43.1 Å². The quantitative estimate of drug-likeness (QED) is 0.705. The molecule has 0 saturated carbocycles. The first-order valence-electron chi connectivity index (χ1n) is 4.27. The fourth-order valence-electron chi connectivity index (χ4n) is 1.69. The van der Waals surface area contributed by atoms with Gasteiger partial charge in [-0.2, -0.15) is 0 Å². The van der Waals surface area contributed by atoms with Crippen LogP contribution in [-0.4, -0.2) is 5.78 Å². The average molecular weight is 173 g/mol. The second-order valence-corrected chi connectivity index (χ2v) is 3.28. The Morgan fingerprint density at radius 2 is 2.31 bits per heavy atom. The van der Waals surface area contributed by atoms with Crippen LogP contribution in [0.4, 0.5) is 0 Å². The Hall–Kier alpha value is -1.41. The molecule has 2 heteroatoms. The van der Waals surface area contributed by atoms with E-state index in [4.69, 9.17) is 5.73 Å². The molecule has 0 unspecified atom stereocenters. The van der Waals surface area contributed by atoms with Crippen molar-refractivity contribution in [2.45, 2.75) is 12.5 Å². The minimum absolute atomic E-state index is 0.110. The molecule has 0 aliphatic heterocycles. The highest BCUT2D eigenvalue weighted by Crippen LogP contribution is 2.29. The molecule has 0 bridgehead atoms. The van der Waals surface area contributed by atoms with Gasteiger partial charge in [-0.1, -0.05) is 24.8 Å². The van der Waals surface area contributed by atoms with Crippen LogP contribution in [0.3, 0.4) is 0 Å². The van der Waals surface area contributed by atoms with E-state index in [1.54, 1.807) is 6.08 Å². The Balaban J connectivity index is 2.58. The van der Waals surface area contributed by atoms with Crippen LogP contribution < -0.4 is 5.73 Å². The van der Waals surface area contributed by atoms with Crippen LogP contribution in [0.2, 0.25) is 0 Å². The van der Waals surface area contributed by atoms with Crippen LogP contribution in [0.15, 0.2) is 24.8 Å². The summed E-state index contributed by atoms with van der Waals surface area (Å²) < 4.78 is 0. The Morgan fingerprint density at radius 1 is 1.54 bits per heavy atom. The molecule has 0 spiro atoms. The van der Waals surface area contributed by atoms with E-state index < -0.39 is 0 Å². The van der Waals surface area contributed by atoms with Crippen LogP contribution in [0.1, 0.15) is 33.9 Å². The van der Waals surface area contributed by atoms with Crippen molar-refractivity contribution in [2.24, 2.45) is 5.73 Å². The lowest BCUT2D eigenvalue weighted by Crippen LogP contribution is -2.05. The zero-order valence-corrected chi connectivity index (χ0v) is 7.29. The van der Waals surface area contributed by atoms with Crippen molar-refractivity contribution in [3.63, 3.8) is 0 Å². The Morgan fingerprint density at radius 3 is 3.00 bits per heavy atom. The Kier molecular flexibility index (Phi) is 1.78. The molecule has 0 radical (unpaired) electrons. The van der Waals surface area contributed by atoms with E-state index in [-0.39, 0.29) is 11.8 Å². The first-order valence-corrected chi connectivity index (χ1v) is 4.27. The summed E-state index contributed by atoms with van der Waals surface area (Å²) in [7, 11) is 0. The number of ketones is 1. The zero-order chi connectivity index (χ0) is 9.42. The summed E-state index contributed by atoms with van der Waals surface area (Å²) in [6.07, 6.45) is 2.17. The van der Waals surface area contributed by atoms with Crippen LogP contribution in [0, 0.1) is 0 Å². The normalized spacial score (nSPS) is 20.1. The number of rotatable bonds is 1. The van der Waals surface area contributed by atoms with Gasteiger partial charge in [0.15, 0.2) is 5.78 Å². The Labute approximate surface area is 77.1 Å². The molecule has 0 amide bonds. The second kappa shape index (κ2) is 2.82. The van der Waals surface area contributed by atoms with Crippen LogP contribution in [0.5, 0.6) is 0 Å². The largest absolute Gasteiger partial charge is 0.324 e. The summed E-state index contributed by atoms with van der Waals surface area (Å²) in [6, 6.07) is 5.60. The predicted octanol–water partition coefficient (Wildman–Crippen LogP) is 1.92. The van der Waals surface area contributed by atoms with E-state index in [9.17, 15) is 4.79 Å². The van der Waals surface area contributed by atoms with E-state index in [1.165, 1.54) is 0 Å². The molecule has 0 heterocycles. The number of hydrogen-bond donors (Lipinski definition) is 1. The van der Waals surface area contributed by atoms with Gasteiger partial charge in [-0.15, -0.1) is 0 Å². The van der Waals surface area contributed by atoms with Crippen molar-refractivity contribution >= 4 is 11.9 Å². The standard InChI is InChI=1S/C11H11NO/c1-2-7-3-4-8-9(5-7)11(13)6-10(8)12/h2-5,10H,1,6,12H2/t10-/m1/s1. The molecule has 13 heavy (non-hydrogen) atoms. The lowest BCUT2D eigenvalue weighted by molar-refractivity contribution is 0.0989. The van der Waals surface area contributed by atoms with Crippen molar-refractivity contribution in [3.05, 3.63) is 41.5 Å². The number of carbonyl (C=O) groups is 1. The van der Waals surface area contributed by atoms with Gasteiger partial charge in [0.1, 0.15) is 0 Å². The molecule has 1 aromatic carbocycles. The maximum Gasteiger partial charge on any atom is 0.165 e. The van der Waals surface area contributed by atoms with Crippen LogP contribution >= 0.6 is 0 Å². The second-order valence-electron chi connectivity index (χ2n) is 3.28. The van der Waals surface area contributed by atoms with Gasteiger partial charge in [0.05, 0.1) is 0 Å². The van der Waals surface area contributed by atoms with Crippen molar-refractivity contribution in [2.75, 3.05) is 0 Å². The van der Waals surface area contributed by atoms with Crippen molar-refractivity contribution in [1.82, 2.24) is 0 Å². The van der Waals surface area contributed by atoms with Gasteiger partial charge in [-0.3, -0.25) is 4.79 Å². The van der Waals surface area contributed by atoms with Gasteiger partial charge in [0, 0.05) is 18.0 Å². The molecular formula is C11H11NO. The molecule has 2 rings (SSSR count). The number of benzene rings is 1. The van der Waals surface area contributed by atoms with Gasteiger partial charge in [-0.25, -0.2) is 0 Å². The molecular weight excluding hydrogens is 162 g/mol. The van der Waals surface area contributed by atoms with Crippen LogP contribution in [-0.2, 0) is 0 Å². The van der Waals surface area contributed by atoms with Crippen molar-refractivity contribution in [3.8, 4) is 0 Å². The minimum Gasteiger partial charge on any atom is -0.324 e. The number of Topliss-reactive ketones (excluding diaryl/α,β-unsaturated/α-hetero) is 1. The summed E-state index contributed by atoms with van der Waals surface area (Å²) in [5.74, 6) is 0.145. The number of hydrogen-bond acceptors (Lipinski definition) is 2. The molecule has 1 aliphatic carbocycles. The molecule has 1 aromatic rings. The molecule has 0 saturated heterocycles. The number of fused-ring (bicyclic) bond motifs is 1. The minimum atomic E-state index is -0.110. The van der Waals surface area contributed by atoms with Gasteiger partial charge in [0.25, 0.3) is 0 Å². The molecule has 2 nitrogen and oxygen atoms in total. The molecule has 2 N–H and O–H groups in total. The van der Waals surface area contributed by atoms with E-state index in [0.29, 0.717) is 6.42 Å². The highest BCUT2D eigenvalue weighted by molar-refractivity contribution is 6.01.